The summed E-state index contributed by atoms with van der Waals surface area (Å²) in [6.07, 6.45) is 2.70. The van der Waals surface area contributed by atoms with Crippen molar-refractivity contribution in [2.45, 2.75) is 74.8 Å². The predicted molar refractivity (Wildman–Crippen MR) is 116 cm³/mol. The first-order valence-electron chi connectivity index (χ1n) is 9.79. The average molecular weight is 402 g/mol. The van der Waals surface area contributed by atoms with Gasteiger partial charge in [0.05, 0.1) is 6.54 Å². The summed E-state index contributed by atoms with van der Waals surface area (Å²) in [6.45, 7) is 17.7. The number of likely N-dealkylation sites (N-methyl/N-ethyl adjacent to an activating group) is 1. The summed E-state index contributed by atoms with van der Waals surface area (Å²) in [5.41, 5.74) is 4.94. The third-order valence-electron chi connectivity index (χ3n) is 2.99. The van der Waals surface area contributed by atoms with Crippen LogP contribution in [0.15, 0.2) is 11.6 Å². The van der Waals surface area contributed by atoms with Gasteiger partial charge in [-0.05, 0) is 18.3 Å². The summed E-state index contributed by atoms with van der Waals surface area (Å²) in [5.74, 6) is -0.896. The molecular formula is C21H43N3O4. The molecule has 0 fully saturated rings. The molecule has 0 saturated heterocycles. The number of carbonyl (C=O) groups excluding carboxylic acids is 2. The summed E-state index contributed by atoms with van der Waals surface area (Å²) >= 11 is 0. The zero-order chi connectivity index (χ0) is 23.1. The van der Waals surface area contributed by atoms with Crippen LogP contribution in [0.2, 0.25) is 0 Å². The number of aliphatic carboxylic acids is 1. The number of rotatable bonds is 6. The highest BCUT2D eigenvalue weighted by atomic mass is 16.4. The molecule has 4 N–H and O–H groups in total. The van der Waals surface area contributed by atoms with Gasteiger partial charge in [-0.15, -0.1) is 0 Å². The third kappa shape index (κ3) is 17.5. The molecule has 2 amide bonds. The van der Waals surface area contributed by atoms with Crippen LogP contribution in [0.5, 0.6) is 0 Å². The molecule has 0 aromatic carbocycles. The van der Waals surface area contributed by atoms with Gasteiger partial charge < -0.3 is 21.1 Å². The first kappa shape index (κ1) is 30.8. The van der Waals surface area contributed by atoms with Gasteiger partial charge in [-0.25, -0.2) is 4.79 Å². The van der Waals surface area contributed by atoms with Gasteiger partial charge in [0, 0.05) is 19.2 Å². The molecule has 1 unspecified atom stereocenters. The molecule has 0 aromatic rings. The Labute approximate surface area is 171 Å². The quantitative estimate of drug-likeness (QED) is 0.592. The van der Waals surface area contributed by atoms with Crippen molar-refractivity contribution < 1.29 is 19.5 Å². The second-order valence-electron chi connectivity index (χ2n) is 8.42. The number of nitrogens with one attached hydrogen (secondary N) is 1. The van der Waals surface area contributed by atoms with Gasteiger partial charge in [-0.3, -0.25) is 9.59 Å². The van der Waals surface area contributed by atoms with Crippen LogP contribution in [0.1, 0.15) is 68.7 Å². The number of carbonyl (C=O) groups is 3. The predicted octanol–water partition coefficient (Wildman–Crippen LogP) is 3.04. The van der Waals surface area contributed by atoms with Crippen molar-refractivity contribution in [1.82, 2.24) is 10.2 Å². The molecule has 0 radical (unpaired) electrons. The molecule has 7 nitrogen and oxygen atoms in total. The van der Waals surface area contributed by atoms with E-state index in [1.54, 1.807) is 7.05 Å². The lowest BCUT2D eigenvalue weighted by Gasteiger charge is -2.33. The van der Waals surface area contributed by atoms with E-state index in [0.717, 1.165) is 5.92 Å². The normalized spacial score (nSPS) is 12.1. The van der Waals surface area contributed by atoms with Gasteiger partial charge in [0.25, 0.3) is 0 Å². The fourth-order valence-electron chi connectivity index (χ4n) is 1.54. The van der Waals surface area contributed by atoms with Gasteiger partial charge in [-0.1, -0.05) is 67.9 Å². The van der Waals surface area contributed by atoms with Crippen molar-refractivity contribution in [2.24, 2.45) is 17.1 Å². The Bertz CT molecular complexity index is 492. The van der Waals surface area contributed by atoms with Crippen LogP contribution in [0, 0.1) is 11.3 Å². The maximum atomic E-state index is 12.4. The number of nitrogens with two attached hydrogens (primary N) is 1. The maximum absolute atomic E-state index is 12.4. The van der Waals surface area contributed by atoms with Crippen molar-refractivity contribution in [2.75, 3.05) is 20.1 Å². The Balaban J connectivity index is -0.000000766. The Morgan fingerprint density at radius 1 is 1.14 bits per heavy atom. The highest BCUT2D eigenvalue weighted by Gasteiger charge is 2.34. The van der Waals surface area contributed by atoms with E-state index in [2.05, 4.69) is 39.9 Å². The fourth-order valence-corrected chi connectivity index (χ4v) is 1.54. The van der Waals surface area contributed by atoms with Gasteiger partial charge in [0.1, 0.15) is 6.04 Å². The zero-order valence-corrected chi connectivity index (χ0v) is 19.5. The van der Waals surface area contributed by atoms with Crippen LogP contribution < -0.4 is 11.1 Å². The molecule has 1 atom stereocenters. The summed E-state index contributed by atoms with van der Waals surface area (Å²) < 4.78 is 0. The van der Waals surface area contributed by atoms with Gasteiger partial charge in [-0.2, -0.15) is 0 Å². The SMILES string of the molecule is C/C(=C\CN(C)C(=O)C(NC(=O)CN)C(C)(C)C)C(=O)O.CC(C)C.CCC. The number of hydrogen-bond donors (Lipinski definition) is 3. The van der Waals surface area contributed by atoms with Crippen molar-refractivity contribution in [1.29, 1.82) is 0 Å². The molecule has 0 aliphatic rings. The molecule has 166 valence electrons. The third-order valence-corrected chi connectivity index (χ3v) is 2.99. The van der Waals surface area contributed by atoms with Gasteiger partial charge in [0.15, 0.2) is 0 Å². The van der Waals surface area contributed by atoms with Crippen LogP contribution in [-0.2, 0) is 14.4 Å². The van der Waals surface area contributed by atoms with E-state index < -0.39 is 23.3 Å². The fraction of sp³-hybridized carbons (Fsp3) is 0.762. The van der Waals surface area contributed by atoms with E-state index in [0.29, 0.717) is 0 Å². The molecule has 0 saturated carbocycles. The Morgan fingerprint density at radius 2 is 1.54 bits per heavy atom. The topological polar surface area (TPSA) is 113 Å². The van der Waals surface area contributed by atoms with Crippen LogP contribution in [0.25, 0.3) is 0 Å². The van der Waals surface area contributed by atoms with E-state index in [-0.39, 0.29) is 24.6 Å². The van der Waals surface area contributed by atoms with Gasteiger partial charge in [0.2, 0.25) is 11.8 Å². The van der Waals surface area contributed by atoms with E-state index in [1.807, 2.05) is 20.8 Å². The molecule has 0 aromatic heterocycles. The Kier molecular flexibility index (Phi) is 17.7. The molecular weight excluding hydrogens is 358 g/mol. The van der Waals surface area contributed by atoms with E-state index in [4.69, 9.17) is 10.8 Å². The Morgan fingerprint density at radius 3 is 1.82 bits per heavy atom. The van der Waals surface area contributed by atoms with Crippen molar-refractivity contribution in [3.63, 3.8) is 0 Å². The number of amides is 2. The van der Waals surface area contributed by atoms with E-state index in [1.165, 1.54) is 24.3 Å². The lowest BCUT2D eigenvalue weighted by molar-refractivity contribution is -0.137. The largest absolute Gasteiger partial charge is 0.478 e. The monoisotopic (exact) mass is 401 g/mol. The summed E-state index contributed by atoms with van der Waals surface area (Å²) in [6, 6.07) is -0.725. The minimum Gasteiger partial charge on any atom is -0.478 e. The summed E-state index contributed by atoms with van der Waals surface area (Å²) in [7, 11) is 1.56. The molecule has 7 heteroatoms. The average Bonchev–Trinajstić information content (AvgIpc) is 2.55. The van der Waals surface area contributed by atoms with Gasteiger partial charge >= 0.3 is 5.97 Å². The van der Waals surface area contributed by atoms with Crippen LogP contribution in [-0.4, -0.2) is 54.0 Å². The highest BCUT2D eigenvalue weighted by Crippen LogP contribution is 2.21. The molecule has 28 heavy (non-hydrogen) atoms. The lowest BCUT2D eigenvalue weighted by Crippen LogP contribution is -2.55. The zero-order valence-electron chi connectivity index (χ0n) is 19.5. The minimum atomic E-state index is -1.03. The summed E-state index contributed by atoms with van der Waals surface area (Å²) in [4.78, 5) is 36.0. The molecule has 0 aliphatic carbocycles. The van der Waals surface area contributed by atoms with Crippen LogP contribution in [0.4, 0.5) is 0 Å². The van der Waals surface area contributed by atoms with E-state index in [9.17, 15) is 14.4 Å². The van der Waals surface area contributed by atoms with Crippen LogP contribution >= 0.6 is 0 Å². The van der Waals surface area contributed by atoms with Crippen molar-refractivity contribution in [3.8, 4) is 0 Å². The molecule has 0 spiro atoms. The molecule has 0 heterocycles. The maximum Gasteiger partial charge on any atom is 0.331 e. The highest BCUT2D eigenvalue weighted by molar-refractivity contribution is 5.89. The molecule has 0 bridgehead atoms. The first-order chi connectivity index (χ1) is 12.6. The first-order valence-corrected chi connectivity index (χ1v) is 9.79. The lowest BCUT2D eigenvalue weighted by atomic mass is 9.85. The standard InChI is InChI=1S/C14H25N3O4.C4H10.C3H8/c1-9(13(20)21)6-7-17(5)12(19)11(14(2,3)4)16-10(18)8-15;1-4(2)3;1-3-2/h6,11H,7-8,15H2,1-5H3,(H,16,18)(H,20,21);4H,1-3H3;3H2,1-2H3/b9-6+;;. The van der Waals surface area contributed by atoms with Crippen LogP contribution in [0.3, 0.4) is 0 Å². The second-order valence-corrected chi connectivity index (χ2v) is 8.42. The number of hydrogen-bond acceptors (Lipinski definition) is 4. The molecule has 0 aliphatic heterocycles. The smallest absolute Gasteiger partial charge is 0.331 e. The van der Waals surface area contributed by atoms with Crippen molar-refractivity contribution in [3.05, 3.63) is 11.6 Å². The number of nitrogens with zero attached hydrogens (tertiary/aromatic N) is 1. The second kappa shape index (κ2) is 16.1. The molecule has 0 rings (SSSR count). The van der Waals surface area contributed by atoms with E-state index >= 15 is 0 Å². The van der Waals surface area contributed by atoms with Crippen molar-refractivity contribution >= 4 is 17.8 Å². The minimum absolute atomic E-state index is 0.155. The summed E-state index contributed by atoms with van der Waals surface area (Å²) in [5, 5.41) is 11.4. The Hall–Kier alpha value is -1.89. The number of carboxylic acids is 1. The number of carboxylic acid groups (broad SMARTS) is 1.